The highest BCUT2D eigenvalue weighted by molar-refractivity contribution is 8.77. The van der Waals surface area contributed by atoms with Gasteiger partial charge in [-0.05, 0) is 37.8 Å². The smallest absolute Gasteiger partial charge is 0.252 e. The minimum atomic E-state index is -0.170. The number of nitrogens with one attached hydrogen (secondary N) is 2. The number of hydrogen-bond acceptors (Lipinski definition) is 4. The van der Waals surface area contributed by atoms with E-state index in [1.165, 1.54) is 25.0 Å². The Morgan fingerprint density at radius 3 is 2.23 bits per heavy atom. The van der Waals surface area contributed by atoms with Gasteiger partial charge in [-0.2, -0.15) is 0 Å². The van der Waals surface area contributed by atoms with E-state index in [4.69, 9.17) is 0 Å². The Hall–Kier alpha value is -1.14. The monoisotopic (exact) mass is 394 g/mol. The number of carbonyl (C=O) groups excluding carboxylic acids is 2. The van der Waals surface area contributed by atoms with E-state index in [1.807, 2.05) is 21.6 Å². The van der Waals surface area contributed by atoms with E-state index in [-0.39, 0.29) is 11.8 Å². The van der Waals surface area contributed by atoms with E-state index < -0.39 is 0 Å². The molecule has 2 N–H and O–H groups in total. The molecule has 1 unspecified atom stereocenters. The summed E-state index contributed by atoms with van der Waals surface area (Å²) in [6, 6.07) is 7.03. The Bertz CT molecular complexity index is 575. The fraction of sp³-hybridized carbons (Fsp3) is 0.600. The van der Waals surface area contributed by atoms with Gasteiger partial charge in [-0.1, -0.05) is 59.9 Å². The molecule has 1 heterocycles. The maximum atomic E-state index is 12.4. The van der Waals surface area contributed by atoms with Gasteiger partial charge in [0.25, 0.3) is 11.8 Å². The first-order chi connectivity index (χ1) is 12.7. The summed E-state index contributed by atoms with van der Waals surface area (Å²) in [4.78, 5) is 24.7. The largest absolute Gasteiger partial charge is 0.352 e. The van der Waals surface area contributed by atoms with Crippen LogP contribution in [-0.2, 0) is 0 Å². The molecule has 0 aliphatic carbocycles. The molecule has 1 aromatic rings. The molecular formula is C20H30N2O2S2. The van der Waals surface area contributed by atoms with Gasteiger partial charge in [-0.25, -0.2) is 0 Å². The fourth-order valence-corrected chi connectivity index (χ4v) is 5.92. The van der Waals surface area contributed by atoms with Crippen molar-refractivity contribution in [1.82, 2.24) is 10.6 Å². The number of amides is 2. The second-order valence-corrected chi connectivity index (χ2v) is 9.38. The highest BCUT2D eigenvalue weighted by atomic mass is 33.1. The lowest BCUT2D eigenvalue weighted by molar-refractivity contribution is 0.0918. The Labute approximate surface area is 165 Å². The molecule has 0 radical (unpaired) electrons. The molecule has 1 fully saturated rings. The van der Waals surface area contributed by atoms with Crippen molar-refractivity contribution in [3.05, 3.63) is 35.4 Å². The van der Waals surface area contributed by atoms with Gasteiger partial charge < -0.3 is 10.6 Å². The SMILES string of the molecule is CCCCNC(=O)c1ccccc1C(=O)NCCCCCC1CCSS1. The maximum Gasteiger partial charge on any atom is 0.252 e. The molecule has 4 nitrogen and oxygen atoms in total. The number of rotatable bonds is 11. The molecule has 1 saturated heterocycles. The minimum absolute atomic E-state index is 0.158. The zero-order valence-corrected chi connectivity index (χ0v) is 17.2. The summed E-state index contributed by atoms with van der Waals surface area (Å²) in [6.45, 7) is 3.39. The van der Waals surface area contributed by atoms with Gasteiger partial charge in [-0.3, -0.25) is 9.59 Å². The van der Waals surface area contributed by atoms with Crippen LogP contribution in [-0.4, -0.2) is 35.9 Å². The summed E-state index contributed by atoms with van der Waals surface area (Å²) >= 11 is 0. The lowest BCUT2D eigenvalue weighted by atomic mass is 10.1. The van der Waals surface area contributed by atoms with Gasteiger partial charge >= 0.3 is 0 Å². The van der Waals surface area contributed by atoms with Crippen molar-refractivity contribution >= 4 is 33.4 Å². The summed E-state index contributed by atoms with van der Waals surface area (Å²) in [5, 5.41) is 6.67. The number of hydrogen-bond donors (Lipinski definition) is 2. The third kappa shape index (κ3) is 7.23. The molecule has 1 aliphatic heterocycles. The normalized spacial score (nSPS) is 16.4. The number of benzene rings is 1. The molecular weight excluding hydrogens is 364 g/mol. The molecule has 0 saturated carbocycles. The molecule has 1 aliphatic rings. The molecule has 144 valence electrons. The average Bonchev–Trinajstić information content (AvgIpc) is 3.18. The van der Waals surface area contributed by atoms with Crippen molar-refractivity contribution < 1.29 is 9.59 Å². The van der Waals surface area contributed by atoms with E-state index in [9.17, 15) is 9.59 Å². The van der Waals surface area contributed by atoms with E-state index >= 15 is 0 Å². The van der Waals surface area contributed by atoms with Crippen LogP contribution in [0.5, 0.6) is 0 Å². The van der Waals surface area contributed by atoms with Gasteiger partial charge in [0, 0.05) is 24.1 Å². The summed E-state index contributed by atoms with van der Waals surface area (Å²) in [6.07, 6.45) is 7.95. The summed E-state index contributed by atoms with van der Waals surface area (Å²) < 4.78 is 0. The first-order valence-corrected chi connectivity index (χ1v) is 12.0. The molecule has 1 atom stereocenters. The second kappa shape index (κ2) is 12.3. The molecule has 2 rings (SSSR count). The van der Waals surface area contributed by atoms with E-state index in [0.717, 1.165) is 30.9 Å². The summed E-state index contributed by atoms with van der Waals surface area (Å²) in [5.41, 5.74) is 0.915. The van der Waals surface area contributed by atoms with Crippen LogP contribution in [0.4, 0.5) is 0 Å². The molecule has 26 heavy (non-hydrogen) atoms. The van der Waals surface area contributed by atoms with Crippen LogP contribution in [0.1, 0.15) is 72.6 Å². The van der Waals surface area contributed by atoms with E-state index in [0.29, 0.717) is 24.2 Å². The summed E-state index contributed by atoms with van der Waals surface area (Å²) in [7, 11) is 4.02. The predicted octanol–water partition coefficient (Wildman–Crippen LogP) is 4.66. The third-order valence-electron chi connectivity index (χ3n) is 4.45. The van der Waals surface area contributed by atoms with Gasteiger partial charge in [-0.15, -0.1) is 0 Å². The highest BCUT2D eigenvalue weighted by Crippen LogP contribution is 2.39. The third-order valence-corrected chi connectivity index (χ3v) is 7.45. The average molecular weight is 395 g/mol. The van der Waals surface area contributed by atoms with Crippen LogP contribution < -0.4 is 10.6 Å². The minimum Gasteiger partial charge on any atom is -0.352 e. The molecule has 2 amide bonds. The fourth-order valence-electron chi connectivity index (χ4n) is 2.89. The number of unbranched alkanes of at least 4 members (excludes halogenated alkanes) is 3. The van der Waals surface area contributed by atoms with Gasteiger partial charge in [0.1, 0.15) is 0 Å². The Morgan fingerprint density at radius 2 is 1.65 bits per heavy atom. The van der Waals surface area contributed by atoms with Crippen molar-refractivity contribution in [2.45, 2.75) is 57.1 Å². The van der Waals surface area contributed by atoms with E-state index in [2.05, 4.69) is 17.6 Å². The Balaban J connectivity index is 1.71. The van der Waals surface area contributed by atoms with Gasteiger partial charge in [0.15, 0.2) is 0 Å². The highest BCUT2D eigenvalue weighted by Gasteiger charge is 2.17. The lowest BCUT2D eigenvalue weighted by Crippen LogP contribution is -2.30. The van der Waals surface area contributed by atoms with Gasteiger partial charge in [0.05, 0.1) is 11.1 Å². The van der Waals surface area contributed by atoms with Crippen molar-refractivity contribution in [2.75, 3.05) is 18.8 Å². The number of carbonyl (C=O) groups is 2. The van der Waals surface area contributed by atoms with Gasteiger partial charge in [0.2, 0.25) is 0 Å². The Morgan fingerprint density at radius 1 is 1.00 bits per heavy atom. The van der Waals surface area contributed by atoms with Crippen LogP contribution >= 0.6 is 21.6 Å². The van der Waals surface area contributed by atoms with Crippen molar-refractivity contribution in [2.24, 2.45) is 0 Å². The molecule has 0 spiro atoms. The van der Waals surface area contributed by atoms with Crippen LogP contribution in [0, 0.1) is 0 Å². The van der Waals surface area contributed by atoms with Crippen LogP contribution in [0.3, 0.4) is 0 Å². The van der Waals surface area contributed by atoms with Crippen molar-refractivity contribution in [3.63, 3.8) is 0 Å². The quantitative estimate of drug-likeness (QED) is 0.423. The van der Waals surface area contributed by atoms with Crippen LogP contribution in [0.25, 0.3) is 0 Å². The van der Waals surface area contributed by atoms with Crippen LogP contribution in [0.15, 0.2) is 24.3 Å². The standard InChI is InChI=1S/C20H30N2O2S2/c1-2-3-13-21-19(23)17-10-6-7-11-18(17)20(24)22-14-8-4-5-9-16-12-15-25-26-16/h6-7,10-11,16H,2-5,8-9,12-15H2,1H3,(H,21,23)(H,22,24). The molecule has 6 heteroatoms. The summed E-state index contributed by atoms with van der Waals surface area (Å²) in [5.74, 6) is 0.960. The predicted molar refractivity (Wildman–Crippen MR) is 113 cm³/mol. The first kappa shape index (κ1) is 21.2. The van der Waals surface area contributed by atoms with Crippen molar-refractivity contribution in [3.8, 4) is 0 Å². The van der Waals surface area contributed by atoms with E-state index in [1.54, 1.807) is 24.3 Å². The second-order valence-electron chi connectivity index (χ2n) is 6.59. The Kier molecular flexibility index (Phi) is 10.00. The zero-order valence-electron chi connectivity index (χ0n) is 15.6. The van der Waals surface area contributed by atoms with Crippen molar-refractivity contribution in [1.29, 1.82) is 0 Å². The molecule has 0 aromatic heterocycles. The maximum absolute atomic E-state index is 12.4. The zero-order chi connectivity index (χ0) is 18.6. The van der Waals surface area contributed by atoms with Crippen LogP contribution in [0.2, 0.25) is 0 Å². The lowest BCUT2D eigenvalue weighted by Gasteiger charge is -2.11. The topological polar surface area (TPSA) is 58.2 Å². The first-order valence-electron chi connectivity index (χ1n) is 9.66. The molecule has 0 bridgehead atoms. The molecule has 1 aromatic carbocycles.